The number of hydrogen-bond donors (Lipinski definition) is 0. The third-order valence-corrected chi connectivity index (χ3v) is 15.6. The number of hydrogen-bond acceptors (Lipinski definition) is 9. The molecule has 13 heteroatoms. The third-order valence-electron chi connectivity index (χ3n) is 3.55. The summed E-state index contributed by atoms with van der Waals surface area (Å²) in [6, 6.07) is 0.563. The van der Waals surface area contributed by atoms with Crippen molar-refractivity contribution in [1.82, 2.24) is 0 Å². The van der Waals surface area contributed by atoms with E-state index in [1.165, 1.54) is 6.92 Å². The first kappa shape index (κ1) is 32.9. The predicted molar refractivity (Wildman–Crippen MR) is 141 cm³/mol. The van der Waals surface area contributed by atoms with Gasteiger partial charge in [-0.2, -0.15) is 0 Å². The Labute approximate surface area is 209 Å². The number of esters is 3. The second-order valence-electron chi connectivity index (χ2n) is 10.8. The quantitative estimate of drug-likeness (QED) is 0.0876. The SMILES string of the molecule is C=CC(=O)OC(C)OC(=O)CCC(=O)OCCC[Si](O[Si](C)(C)C)(O[Si](C)(C)C)O[Si](C)(C)C. The van der Waals surface area contributed by atoms with Crippen LogP contribution in [-0.4, -0.2) is 64.6 Å². The summed E-state index contributed by atoms with van der Waals surface area (Å²) in [5, 5.41) is 0. The van der Waals surface area contributed by atoms with Crippen molar-refractivity contribution in [3.05, 3.63) is 12.7 Å². The molecule has 0 heterocycles. The first-order valence-electron chi connectivity index (χ1n) is 11.5. The summed E-state index contributed by atoms with van der Waals surface area (Å²) in [4.78, 5) is 35.0. The third kappa shape index (κ3) is 17.4. The van der Waals surface area contributed by atoms with Gasteiger partial charge in [0.2, 0.25) is 6.29 Å². The van der Waals surface area contributed by atoms with E-state index in [1.807, 2.05) is 0 Å². The molecule has 9 nitrogen and oxygen atoms in total. The average Bonchev–Trinajstić information content (AvgIpc) is 2.58. The average molecular weight is 553 g/mol. The van der Waals surface area contributed by atoms with Crippen molar-refractivity contribution in [2.24, 2.45) is 0 Å². The van der Waals surface area contributed by atoms with Crippen LogP contribution in [0.1, 0.15) is 26.2 Å². The van der Waals surface area contributed by atoms with Gasteiger partial charge in [-0.3, -0.25) is 9.59 Å². The maximum Gasteiger partial charge on any atom is 0.469 e. The van der Waals surface area contributed by atoms with Crippen LogP contribution in [0.3, 0.4) is 0 Å². The number of carbonyl (C=O) groups is 3. The molecular formula is C21H44O9Si4. The van der Waals surface area contributed by atoms with Crippen LogP contribution in [0.5, 0.6) is 0 Å². The zero-order valence-electron chi connectivity index (χ0n) is 22.6. The van der Waals surface area contributed by atoms with E-state index >= 15 is 0 Å². The minimum atomic E-state index is -2.97. The van der Waals surface area contributed by atoms with Crippen LogP contribution in [0, 0.1) is 0 Å². The Morgan fingerprint density at radius 3 is 1.62 bits per heavy atom. The molecule has 0 rings (SSSR count). The van der Waals surface area contributed by atoms with Gasteiger partial charge in [0.15, 0.2) is 25.0 Å². The van der Waals surface area contributed by atoms with E-state index in [0.717, 1.165) is 6.08 Å². The molecule has 0 aliphatic carbocycles. The Kier molecular flexibility index (Phi) is 13.4. The van der Waals surface area contributed by atoms with Gasteiger partial charge >= 0.3 is 26.7 Å². The van der Waals surface area contributed by atoms with E-state index in [-0.39, 0.29) is 19.4 Å². The number of rotatable bonds is 16. The molecule has 0 aromatic carbocycles. The zero-order chi connectivity index (χ0) is 26.8. The first-order chi connectivity index (χ1) is 15.3. The van der Waals surface area contributed by atoms with Crippen LogP contribution in [0.4, 0.5) is 0 Å². The van der Waals surface area contributed by atoms with Gasteiger partial charge in [-0.1, -0.05) is 6.58 Å². The van der Waals surface area contributed by atoms with Gasteiger partial charge < -0.3 is 26.6 Å². The minimum Gasteiger partial charge on any atom is -0.466 e. The Morgan fingerprint density at radius 1 is 0.765 bits per heavy atom. The normalized spacial score (nSPS) is 13.7. The van der Waals surface area contributed by atoms with E-state index in [2.05, 4.69) is 65.5 Å². The molecule has 0 saturated carbocycles. The van der Waals surface area contributed by atoms with E-state index in [1.54, 1.807) is 0 Å². The van der Waals surface area contributed by atoms with Crippen molar-refractivity contribution in [3.63, 3.8) is 0 Å². The molecule has 34 heavy (non-hydrogen) atoms. The lowest BCUT2D eigenvalue weighted by Crippen LogP contribution is -2.60. The van der Waals surface area contributed by atoms with Crippen molar-refractivity contribution < 1.29 is 40.9 Å². The zero-order valence-corrected chi connectivity index (χ0v) is 26.6. The Bertz CT molecular complexity index is 653. The summed E-state index contributed by atoms with van der Waals surface area (Å²) in [6.07, 6.45) is 0.139. The smallest absolute Gasteiger partial charge is 0.466 e. The lowest BCUT2D eigenvalue weighted by Gasteiger charge is -2.42. The van der Waals surface area contributed by atoms with E-state index in [0.29, 0.717) is 12.5 Å². The molecule has 0 radical (unpaired) electrons. The van der Waals surface area contributed by atoms with Gasteiger partial charge in [-0.25, -0.2) is 4.79 Å². The predicted octanol–water partition coefficient (Wildman–Crippen LogP) is 4.81. The second-order valence-corrected chi connectivity index (χ2v) is 27.8. The standard InChI is InChI=1S/C21H44O9Si4/c1-12-19(22)26-18(2)27-21(24)15-14-20(23)25-16-13-17-34(28-31(3,4)5,29-32(6,7)8)30-33(9,10)11/h12,18H,1,13-17H2,2-11H3. The van der Waals surface area contributed by atoms with Gasteiger partial charge in [0.25, 0.3) is 0 Å². The van der Waals surface area contributed by atoms with E-state index in [9.17, 15) is 14.4 Å². The summed E-state index contributed by atoms with van der Waals surface area (Å²) in [5.74, 6) is -1.87. The summed E-state index contributed by atoms with van der Waals surface area (Å²) in [7, 11) is -8.87. The minimum absolute atomic E-state index is 0.133. The van der Waals surface area contributed by atoms with Crippen molar-refractivity contribution in [3.8, 4) is 0 Å². The van der Waals surface area contributed by atoms with E-state index in [4.69, 9.17) is 26.6 Å². The first-order valence-corrected chi connectivity index (χ1v) is 23.7. The molecule has 0 amide bonds. The van der Waals surface area contributed by atoms with Crippen molar-refractivity contribution in [2.75, 3.05) is 6.61 Å². The van der Waals surface area contributed by atoms with Crippen molar-refractivity contribution >= 4 is 51.7 Å². The van der Waals surface area contributed by atoms with Crippen LogP contribution >= 0.6 is 0 Å². The molecule has 0 aliphatic heterocycles. The Balaban J connectivity index is 4.84. The van der Waals surface area contributed by atoms with Crippen LogP contribution in [-0.2, 0) is 40.9 Å². The number of carbonyl (C=O) groups excluding carboxylic acids is 3. The molecule has 0 fully saturated rings. The molecule has 0 aliphatic rings. The van der Waals surface area contributed by atoms with Crippen LogP contribution in [0.2, 0.25) is 65.0 Å². The molecular weight excluding hydrogens is 509 g/mol. The molecule has 1 atom stereocenters. The monoisotopic (exact) mass is 552 g/mol. The van der Waals surface area contributed by atoms with E-state index < -0.39 is 58.0 Å². The van der Waals surface area contributed by atoms with Gasteiger partial charge in [-0.15, -0.1) is 0 Å². The maximum absolute atomic E-state index is 12.1. The summed E-state index contributed by atoms with van der Waals surface area (Å²) in [5.41, 5.74) is 0. The Hall–Kier alpha value is -1.10. The van der Waals surface area contributed by atoms with Crippen molar-refractivity contribution in [2.45, 2.75) is 97.4 Å². The van der Waals surface area contributed by atoms with Gasteiger partial charge in [0, 0.05) is 19.0 Å². The van der Waals surface area contributed by atoms with Gasteiger partial charge in [-0.05, 0) is 65.3 Å². The van der Waals surface area contributed by atoms with Crippen LogP contribution in [0.15, 0.2) is 12.7 Å². The number of ether oxygens (including phenoxy) is 3. The fourth-order valence-electron chi connectivity index (χ4n) is 2.85. The maximum atomic E-state index is 12.1. The fraction of sp³-hybridized carbons (Fsp3) is 0.762. The highest BCUT2D eigenvalue weighted by molar-refractivity contribution is 6.90. The van der Waals surface area contributed by atoms with Crippen molar-refractivity contribution in [1.29, 1.82) is 0 Å². The largest absolute Gasteiger partial charge is 0.469 e. The summed E-state index contributed by atoms with van der Waals surface area (Å²) < 4.78 is 34.8. The highest BCUT2D eigenvalue weighted by Crippen LogP contribution is 2.29. The lowest BCUT2D eigenvalue weighted by molar-refractivity contribution is -0.181. The molecule has 1 unspecified atom stereocenters. The fourth-order valence-corrected chi connectivity index (χ4v) is 17.5. The summed E-state index contributed by atoms with van der Waals surface area (Å²) >= 11 is 0. The molecule has 0 aromatic rings. The molecule has 198 valence electrons. The van der Waals surface area contributed by atoms with Gasteiger partial charge in [0.05, 0.1) is 19.4 Å². The molecule has 0 saturated heterocycles. The summed E-state index contributed by atoms with van der Waals surface area (Å²) in [6.45, 7) is 23.9. The second kappa shape index (κ2) is 13.8. The van der Waals surface area contributed by atoms with Crippen LogP contribution < -0.4 is 0 Å². The molecule has 0 aromatic heterocycles. The topological polar surface area (TPSA) is 107 Å². The lowest BCUT2D eigenvalue weighted by atomic mass is 10.3. The van der Waals surface area contributed by atoms with Crippen LogP contribution in [0.25, 0.3) is 0 Å². The van der Waals surface area contributed by atoms with Gasteiger partial charge in [0.1, 0.15) is 0 Å². The highest BCUT2D eigenvalue weighted by Gasteiger charge is 2.49. The molecule has 0 bridgehead atoms. The Morgan fingerprint density at radius 2 is 1.21 bits per heavy atom. The molecule has 0 N–H and O–H groups in total. The molecule has 0 spiro atoms. The highest BCUT2D eigenvalue weighted by atomic mass is 28.5.